The fourth-order valence-electron chi connectivity index (χ4n) is 12.8. The number of rotatable bonds is 4. The van der Waals surface area contributed by atoms with E-state index in [1.165, 1.54) is 19.3 Å². The van der Waals surface area contributed by atoms with E-state index in [4.69, 9.17) is 4.74 Å². The molecule has 5 saturated carbocycles. The molecule has 6 heteroatoms. The van der Waals surface area contributed by atoms with Crippen LogP contribution in [0, 0.1) is 50.7 Å². The molecule has 6 aliphatic rings. The molecule has 12 atom stereocenters. The Morgan fingerprint density at radius 1 is 1.02 bits per heavy atom. The van der Waals surface area contributed by atoms with E-state index in [1.807, 2.05) is 17.0 Å². The summed E-state index contributed by atoms with van der Waals surface area (Å²) in [6.45, 7) is 14.7. The second kappa shape index (κ2) is 9.01. The first-order valence-corrected chi connectivity index (χ1v) is 16.5. The molecule has 7 rings (SSSR count). The van der Waals surface area contributed by atoms with Crippen LogP contribution in [0.4, 0.5) is 0 Å². The first kappa shape index (κ1) is 28.3. The first-order valence-electron chi connectivity index (χ1n) is 16.5. The molecular formula is C35H52N2O4. The maximum atomic E-state index is 12.7. The minimum absolute atomic E-state index is 0.0274. The van der Waals surface area contributed by atoms with Gasteiger partial charge in [0.15, 0.2) is 0 Å². The Morgan fingerprint density at radius 2 is 1.71 bits per heavy atom. The standard InChI is InChI=1S/C35H52N2O4/c1-21-17-24(19-37(22(2)38)18-23-10-15-36-16-11-23)41-29-28(21)32(5)13-14-35-20-34(35)12-9-27(39)31(3,4)25(34)7-8-26(35)33(32,6)30(29)40/h10-11,15-16,21,24-30,39-40H,7-9,12-14,17-20H2,1-6H3. The van der Waals surface area contributed by atoms with Crippen LogP contribution in [0.3, 0.4) is 0 Å². The number of amides is 1. The van der Waals surface area contributed by atoms with Gasteiger partial charge in [-0.15, -0.1) is 0 Å². The lowest BCUT2D eigenvalue weighted by Gasteiger charge is -2.63. The highest BCUT2D eigenvalue weighted by molar-refractivity contribution is 5.73. The summed E-state index contributed by atoms with van der Waals surface area (Å²) in [4.78, 5) is 18.7. The number of nitrogens with zero attached hydrogens (tertiary/aromatic N) is 2. The summed E-state index contributed by atoms with van der Waals surface area (Å²) < 4.78 is 6.92. The van der Waals surface area contributed by atoms with E-state index >= 15 is 0 Å². The molecule has 12 unspecified atom stereocenters. The highest BCUT2D eigenvalue weighted by Gasteiger charge is 2.84. The smallest absolute Gasteiger partial charge is 0.219 e. The van der Waals surface area contributed by atoms with Gasteiger partial charge < -0.3 is 19.8 Å². The SMILES string of the molecule is CC(=O)N(Cc1ccncc1)CC1CC(C)C2C(O1)C(O)C1(C)C3CCC4C(C)(C)C(O)CCC45CC35CCC21C. The van der Waals surface area contributed by atoms with E-state index in [-0.39, 0.29) is 40.5 Å². The van der Waals surface area contributed by atoms with Gasteiger partial charge in [-0.2, -0.15) is 0 Å². The highest BCUT2D eigenvalue weighted by Crippen LogP contribution is 2.89. The molecule has 2 heterocycles. The van der Waals surface area contributed by atoms with Crippen molar-refractivity contribution in [2.24, 2.45) is 50.7 Å². The van der Waals surface area contributed by atoms with E-state index in [2.05, 4.69) is 39.6 Å². The van der Waals surface area contributed by atoms with Crippen molar-refractivity contribution >= 4 is 5.91 Å². The molecule has 1 aromatic heterocycles. The Kier molecular flexibility index (Phi) is 6.22. The van der Waals surface area contributed by atoms with Crippen LogP contribution in [0.25, 0.3) is 0 Å². The number of aromatic nitrogens is 1. The average molecular weight is 565 g/mol. The molecule has 0 aromatic carbocycles. The van der Waals surface area contributed by atoms with E-state index < -0.39 is 6.10 Å². The van der Waals surface area contributed by atoms with Crippen LogP contribution in [0.1, 0.15) is 98.5 Å². The lowest BCUT2D eigenvalue weighted by molar-refractivity contribution is -0.182. The molecule has 0 radical (unpaired) electrons. The van der Waals surface area contributed by atoms with Crippen LogP contribution in [0.2, 0.25) is 0 Å². The van der Waals surface area contributed by atoms with Crippen LogP contribution in [0.5, 0.6) is 0 Å². The zero-order valence-electron chi connectivity index (χ0n) is 26.1. The summed E-state index contributed by atoms with van der Waals surface area (Å²) in [5.74, 6) is 1.90. The van der Waals surface area contributed by atoms with Crippen molar-refractivity contribution in [2.45, 2.75) is 124 Å². The fraction of sp³-hybridized carbons (Fsp3) is 0.829. The van der Waals surface area contributed by atoms with Crippen molar-refractivity contribution in [3.05, 3.63) is 30.1 Å². The van der Waals surface area contributed by atoms with Gasteiger partial charge in [0.25, 0.3) is 0 Å². The van der Waals surface area contributed by atoms with Crippen molar-refractivity contribution in [1.82, 2.24) is 9.88 Å². The lowest BCUT2D eigenvalue weighted by atomic mass is 9.41. The number of pyridine rings is 1. The van der Waals surface area contributed by atoms with Crippen molar-refractivity contribution in [3.63, 3.8) is 0 Å². The molecule has 2 N–H and O–H groups in total. The topological polar surface area (TPSA) is 82.9 Å². The van der Waals surface area contributed by atoms with Crippen molar-refractivity contribution in [1.29, 1.82) is 0 Å². The molecule has 1 amide bonds. The summed E-state index contributed by atoms with van der Waals surface area (Å²) in [5.41, 5.74) is 1.56. The Bertz CT molecular complexity index is 1210. The number of aliphatic hydroxyl groups excluding tert-OH is 2. The predicted molar refractivity (Wildman–Crippen MR) is 157 cm³/mol. The van der Waals surface area contributed by atoms with Gasteiger partial charge >= 0.3 is 0 Å². The molecule has 226 valence electrons. The number of carbonyl (C=O) groups excluding carboxylic acids is 1. The summed E-state index contributed by atoms with van der Waals surface area (Å²) in [5, 5.41) is 23.4. The van der Waals surface area contributed by atoms with Crippen LogP contribution in [0.15, 0.2) is 24.5 Å². The molecular weight excluding hydrogens is 512 g/mol. The lowest BCUT2D eigenvalue weighted by Crippen LogP contribution is -2.59. The van der Waals surface area contributed by atoms with Crippen molar-refractivity contribution in [3.8, 4) is 0 Å². The summed E-state index contributed by atoms with van der Waals surface area (Å²) in [6, 6.07) is 3.93. The summed E-state index contributed by atoms with van der Waals surface area (Å²) in [7, 11) is 0. The average Bonchev–Trinajstić information content (AvgIpc) is 3.56. The van der Waals surface area contributed by atoms with Gasteiger partial charge in [0.1, 0.15) is 0 Å². The summed E-state index contributed by atoms with van der Waals surface area (Å²) >= 11 is 0. The molecule has 6 nitrogen and oxygen atoms in total. The Labute approximate surface area is 246 Å². The van der Waals surface area contributed by atoms with Crippen LogP contribution < -0.4 is 0 Å². The van der Waals surface area contributed by atoms with Gasteiger partial charge in [-0.1, -0.05) is 34.6 Å². The molecule has 41 heavy (non-hydrogen) atoms. The van der Waals surface area contributed by atoms with Gasteiger partial charge in [-0.3, -0.25) is 9.78 Å². The molecule has 5 aliphatic carbocycles. The van der Waals surface area contributed by atoms with Gasteiger partial charge in [0.05, 0.1) is 24.4 Å². The quantitative estimate of drug-likeness (QED) is 0.497. The van der Waals surface area contributed by atoms with Gasteiger partial charge in [0.2, 0.25) is 5.91 Å². The third-order valence-corrected chi connectivity index (χ3v) is 14.8. The number of hydrogen-bond acceptors (Lipinski definition) is 5. The second-order valence-electron chi connectivity index (χ2n) is 16.4. The van der Waals surface area contributed by atoms with E-state index in [9.17, 15) is 15.0 Å². The molecule has 1 aliphatic heterocycles. The Balaban J connectivity index is 1.16. The maximum Gasteiger partial charge on any atom is 0.219 e. The van der Waals surface area contributed by atoms with Gasteiger partial charge in [-0.05, 0) is 114 Å². The maximum absolute atomic E-state index is 12.7. The van der Waals surface area contributed by atoms with Crippen LogP contribution in [-0.2, 0) is 16.1 Å². The molecule has 2 spiro atoms. The molecule has 0 bridgehead atoms. The van der Waals surface area contributed by atoms with Crippen molar-refractivity contribution < 1.29 is 19.7 Å². The summed E-state index contributed by atoms with van der Waals surface area (Å²) in [6.07, 6.45) is 11.7. The molecule has 1 saturated heterocycles. The van der Waals surface area contributed by atoms with E-state index in [0.29, 0.717) is 47.6 Å². The minimum atomic E-state index is -0.493. The monoisotopic (exact) mass is 564 g/mol. The predicted octanol–water partition coefficient (Wildman–Crippen LogP) is 5.60. The zero-order valence-corrected chi connectivity index (χ0v) is 26.1. The number of aliphatic hydroxyl groups is 2. The minimum Gasteiger partial charge on any atom is -0.393 e. The Morgan fingerprint density at radius 3 is 2.41 bits per heavy atom. The second-order valence-corrected chi connectivity index (χ2v) is 16.4. The highest BCUT2D eigenvalue weighted by atomic mass is 16.5. The van der Waals surface area contributed by atoms with Gasteiger partial charge in [0, 0.05) is 37.8 Å². The number of hydrogen-bond donors (Lipinski definition) is 2. The Hall–Kier alpha value is -1.50. The van der Waals surface area contributed by atoms with Crippen LogP contribution >= 0.6 is 0 Å². The van der Waals surface area contributed by atoms with E-state index in [0.717, 1.165) is 37.7 Å². The third kappa shape index (κ3) is 3.53. The number of fused-ring (bicyclic) bond motifs is 4. The number of carbonyl (C=O) groups is 1. The van der Waals surface area contributed by atoms with E-state index in [1.54, 1.807) is 19.3 Å². The normalized spacial score (nSPS) is 50.9. The fourth-order valence-corrected chi connectivity index (χ4v) is 12.8. The van der Waals surface area contributed by atoms with Gasteiger partial charge in [-0.25, -0.2) is 0 Å². The molecule has 1 aromatic rings. The first-order chi connectivity index (χ1) is 19.3. The van der Waals surface area contributed by atoms with Crippen molar-refractivity contribution in [2.75, 3.05) is 6.54 Å². The number of ether oxygens (including phenoxy) is 1. The van der Waals surface area contributed by atoms with Crippen LogP contribution in [-0.4, -0.2) is 57.0 Å². The largest absolute Gasteiger partial charge is 0.393 e. The third-order valence-electron chi connectivity index (χ3n) is 14.8. The molecule has 6 fully saturated rings. The zero-order chi connectivity index (χ0) is 29.2.